The van der Waals surface area contributed by atoms with E-state index in [1.54, 1.807) is 0 Å². The minimum Gasteiger partial charge on any atom is -0.462 e. The van der Waals surface area contributed by atoms with Crippen molar-refractivity contribution >= 4 is 19.8 Å². The molecule has 0 aromatic rings. The summed E-state index contributed by atoms with van der Waals surface area (Å²) >= 11 is 0. The van der Waals surface area contributed by atoms with Crippen molar-refractivity contribution in [2.45, 2.75) is 315 Å². The number of carbonyl (C=O) groups excluding carboxylic acids is 2. The molecule has 84 heavy (non-hydrogen) atoms. The summed E-state index contributed by atoms with van der Waals surface area (Å²) < 4.78 is 34.7. The van der Waals surface area contributed by atoms with Crippen molar-refractivity contribution < 1.29 is 42.1 Å². The van der Waals surface area contributed by atoms with E-state index >= 15 is 0 Å². The Morgan fingerprint density at radius 1 is 0.381 bits per heavy atom. The topological polar surface area (TPSA) is 108 Å². The van der Waals surface area contributed by atoms with Gasteiger partial charge in [0.15, 0.2) is 6.10 Å². The molecule has 486 valence electrons. The first-order valence-electron chi connectivity index (χ1n) is 35.0. The van der Waals surface area contributed by atoms with Crippen LogP contribution < -0.4 is 0 Å². The van der Waals surface area contributed by atoms with Crippen LogP contribution in [0.15, 0.2) is 97.2 Å². The fraction of sp³-hybridized carbons (Fsp3) is 0.757. The van der Waals surface area contributed by atoms with Gasteiger partial charge in [-0.05, 0) is 96.3 Å². The molecular weight excluding hydrogens is 1060 g/mol. The molecule has 0 saturated carbocycles. The number of nitrogens with zero attached hydrogens (tertiary/aromatic N) is 1. The Labute approximate surface area is 519 Å². The molecule has 0 spiro atoms. The number of quaternary nitrogens is 1. The van der Waals surface area contributed by atoms with Gasteiger partial charge in [0.05, 0.1) is 27.7 Å². The summed E-state index contributed by atoms with van der Waals surface area (Å²) in [5.74, 6) is -0.793. The Kier molecular flexibility index (Phi) is 62.1. The molecule has 0 rings (SSSR count). The highest BCUT2D eigenvalue weighted by Crippen LogP contribution is 2.43. The second-order valence-corrected chi connectivity index (χ2v) is 26.0. The van der Waals surface area contributed by atoms with Gasteiger partial charge in [-0.3, -0.25) is 18.6 Å². The van der Waals surface area contributed by atoms with Crippen LogP contribution in [0.4, 0.5) is 0 Å². The first-order valence-corrected chi connectivity index (χ1v) is 36.5. The summed E-state index contributed by atoms with van der Waals surface area (Å²) in [5.41, 5.74) is 0. The average molecular weight is 1200 g/mol. The van der Waals surface area contributed by atoms with E-state index in [4.69, 9.17) is 18.5 Å². The molecule has 0 heterocycles. The lowest BCUT2D eigenvalue weighted by Crippen LogP contribution is -2.37. The minimum atomic E-state index is -4.40. The summed E-state index contributed by atoms with van der Waals surface area (Å²) in [6.45, 7) is 4.35. The van der Waals surface area contributed by atoms with Gasteiger partial charge in [-0.15, -0.1) is 0 Å². The first-order chi connectivity index (χ1) is 41.0. The van der Waals surface area contributed by atoms with Crippen molar-refractivity contribution in [3.05, 3.63) is 97.2 Å². The van der Waals surface area contributed by atoms with E-state index in [0.29, 0.717) is 17.4 Å². The van der Waals surface area contributed by atoms with Gasteiger partial charge < -0.3 is 18.9 Å². The van der Waals surface area contributed by atoms with Crippen molar-refractivity contribution in [2.24, 2.45) is 0 Å². The SMILES string of the molecule is CC/C=C\C/C=C\C/C=C\C/C=C\C/C=C\C/C=C\C/C=C\CCCCCCCCCCCCCC(=O)OC(COC(=O)CCCCCCCCCCCCCCCCC/C=C\CCCCCCCCCC)COP(=O)(O)OCC[N+](C)(C)C. The van der Waals surface area contributed by atoms with E-state index in [2.05, 4.69) is 111 Å². The van der Waals surface area contributed by atoms with E-state index in [1.165, 1.54) is 186 Å². The lowest BCUT2D eigenvalue weighted by atomic mass is 10.0. The highest BCUT2D eigenvalue weighted by molar-refractivity contribution is 7.47. The quantitative estimate of drug-likeness (QED) is 0.0211. The molecule has 0 radical (unpaired) electrons. The number of carbonyl (C=O) groups is 2. The van der Waals surface area contributed by atoms with E-state index < -0.39 is 26.5 Å². The molecule has 2 atom stereocenters. The fourth-order valence-electron chi connectivity index (χ4n) is 9.76. The Morgan fingerprint density at radius 2 is 0.679 bits per heavy atom. The van der Waals surface area contributed by atoms with E-state index in [-0.39, 0.29) is 32.0 Å². The molecule has 1 N–H and O–H groups in total. The average Bonchev–Trinajstić information content (AvgIpc) is 3.61. The van der Waals surface area contributed by atoms with Gasteiger partial charge in [0.25, 0.3) is 0 Å². The van der Waals surface area contributed by atoms with E-state index in [0.717, 1.165) is 89.9 Å². The van der Waals surface area contributed by atoms with Gasteiger partial charge in [0.2, 0.25) is 0 Å². The highest BCUT2D eigenvalue weighted by Gasteiger charge is 2.27. The molecule has 0 bridgehead atoms. The largest absolute Gasteiger partial charge is 0.472 e. The summed E-state index contributed by atoms with van der Waals surface area (Å²) in [6, 6.07) is 0. The molecule has 0 aliphatic carbocycles. The molecule has 0 amide bonds. The summed E-state index contributed by atoms with van der Waals surface area (Å²) in [7, 11) is 1.48. The number of phosphoric ester groups is 1. The van der Waals surface area contributed by atoms with Crippen LogP contribution in [-0.4, -0.2) is 74.9 Å². The minimum absolute atomic E-state index is 0.0285. The van der Waals surface area contributed by atoms with Crippen LogP contribution in [0.1, 0.15) is 309 Å². The maximum Gasteiger partial charge on any atom is 0.472 e. The number of phosphoric acid groups is 1. The van der Waals surface area contributed by atoms with Gasteiger partial charge >= 0.3 is 19.8 Å². The molecule has 0 aromatic heterocycles. The molecule has 0 fully saturated rings. The summed E-state index contributed by atoms with van der Waals surface area (Å²) in [5, 5.41) is 0. The lowest BCUT2D eigenvalue weighted by Gasteiger charge is -2.24. The maximum atomic E-state index is 12.9. The molecular formula is C74H133NO8P+. The van der Waals surface area contributed by atoms with Crippen LogP contribution in [0.5, 0.6) is 0 Å². The third-order valence-corrected chi connectivity index (χ3v) is 16.1. The molecule has 0 aliphatic rings. The third-order valence-electron chi connectivity index (χ3n) is 15.1. The van der Waals surface area contributed by atoms with E-state index in [1.807, 2.05) is 21.1 Å². The second kappa shape index (κ2) is 64.4. The normalized spacial score (nSPS) is 13.7. The Hall–Kier alpha value is -3.07. The van der Waals surface area contributed by atoms with Crippen molar-refractivity contribution in [2.75, 3.05) is 47.5 Å². The lowest BCUT2D eigenvalue weighted by molar-refractivity contribution is -0.870. The number of allylic oxidation sites excluding steroid dienone is 16. The molecule has 0 aromatic carbocycles. The van der Waals surface area contributed by atoms with Crippen LogP contribution in [0.2, 0.25) is 0 Å². The number of esters is 2. The van der Waals surface area contributed by atoms with Crippen LogP contribution >= 0.6 is 7.82 Å². The van der Waals surface area contributed by atoms with Gasteiger partial charge in [0, 0.05) is 12.8 Å². The van der Waals surface area contributed by atoms with Crippen molar-refractivity contribution in [3.63, 3.8) is 0 Å². The third kappa shape index (κ3) is 68.0. The van der Waals surface area contributed by atoms with Crippen molar-refractivity contribution in [3.8, 4) is 0 Å². The molecule has 9 nitrogen and oxygen atoms in total. The van der Waals surface area contributed by atoms with E-state index in [9.17, 15) is 19.0 Å². The molecule has 10 heteroatoms. The van der Waals surface area contributed by atoms with Crippen molar-refractivity contribution in [1.82, 2.24) is 0 Å². The Bertz CT molecular complexity index is 1740. The highest BCUT2D eigenvalue weighted by atomic mass is 31.2. The number of rotatable bonds is 64. The Morgan fingerprint density at radius 3 is 1.02 bits per heavy atom. The van der Waals surface area contributed by atoms with Crippen LogP contribution in [0.25, 0.3) is 0 Å². The van der Waals surface area contributed by atoms with Crippen LogP contribution in [0.3, 0.4) is 0 Å². The Balaban J connectivity index is 4.07. The first kappa shape index (κ1) is 80.9. The van der Waals surface area contributed by atoms with Gasteiger partial charge in [-0.25, -0.2) is 4.57 Å². The smallest absolute Gasteiger partial charge is 0.462 e. The molecule has 0 aliphatic heterocycles. The predicted molar refractivity (Wildman–Crippen MR) is 362 cm³/mol. The van der Waals surface area contributed by atoms with Crippen molar-refractivity contribution in [1.29, 1.82) is 0 Å². The molecule has 0 saturated heterocycles. The van der Waals surface area contributed by atoms with Crippen LogP contribution in [-0.2, 0) is 32.7 Å². The number of likely N-dealkylation sites (N-methyl/N-ethyl adjacent to an activating group) is 1. The van der Waals surface area contributed by atoms with Crippen LogP contribution in [0, 0.1) is 0 Å². The maximum absolute atomic E-state index is 12.9. The van der Waals surface area contributed by atoms with Gasteiger partial charge in [0.1, 0.15) is 19.8 Å². The zero-order chi connectivity index (χ0) is 61.2. The zero-order valence-corrected chi connectivity index (χ0v) is 56.3. The monoisotopic (exact) mass is 1190 g/mol. The number of ether oxygens (including phenoxy) is 2. The zero-order valence-electron chi connectivity index (χ0n) is 55.4. The fourth-order valence-corrected chi connectivity index (χ4v) is 10.5. The summed E-state index contributed by atoms with van der Waals surface area (Å²) in [6.07, 6.45) is 89.3. The predicted octanol–water partition coefficient (Wildman–Crippen LogP) is 22.7. The second-order valence-electron chi connectivity index (χ2n) is 24.5. The van der Waals surface area contributed by atoms with Gasteiger partial charge in [-0.2, -0.15) is 0 Å². The van der Waals surface area contributed by atoms with Gasteiger partial charge in [-0.1, -0.05) is 297 Å². The number of hydrogen-bond donors (Lipinski definition) is 1. The number of unbranched alkanes of at least 4 members (excludes halogenated alkanes) is 34. The number of hydrogen-bond acceptors (Lipinski definition) is 7. The molecule has 2 unspecified atom stereocenters. The summed E-state index contributed by atoms with van der Waals surface area (Å²) in [4.78, 5) is 35.9. The standard InChI is InChI=1S/C74H132NO8P/c1-6-8-10-12-14-16-18-20-22-24-26-28-30-32-34-35-36-37-38-39-41-43-45-47-49-51-53-55-57-59-61-63-65-67-74(77)83-72(71-82-84(78,79)81-69-68-75(3,4)5)70-80-73(76)66-64-62-60-58-56-54-52-50-48-46-44-42-40-33-31-29-27-25-23-21-19-17-15-13-11-9-7-2/h8,10,14,16,20,22,25-28,32,34,36-37,39,41,72H,6-7,9,11-13,15,17-19,21,23-24,29-31,33,35,38,40,42-71H2,1-5H3/p+1/b10-8-,16-14-,22-20-,27-25-,28-26-,34-32-,37-36-,41-39-.